The Morgan fingerprint density at radius 2 is 1.94 bits per heavy atom. The lowest BCUT2D eigenvalue weighted by molar-refractivity contribution is 1.01. The molecule has 0 aromatic heterocycles. The van der Waals surface area contributed by atoms with Crippen molar-refractivity contribution in [2.24, 2.45) is 0 Å². The molecule has 0 aliphatic heterocycles. The number of unbranched alkanes of at least 4 members (excludes halogenated alkanes) is 1. The summed E-state index contributed by atoms with van der Waals surface area (Å²) in [6, 6.07) is 10.4. The van der Waals surface area contributed by atoms with Crippen molar-refractivity contribution in [1.29, 1.82) is 0 Å². The fraction of sp³-hybridized carbons (Fsp3) is 0.333. The molecule has 0 nitrogen and oxygen atoms in total. The molecule has 0 amide bonds. The minimum atomic E-state index is 1.06. The van der Waals surface area contributed by atoms with Crippen LogP contribution < -0.4 is 0 Å². The highest BCUT2D eigenvalue weighted by atomic mass is 79.9. The molecule has 0 unspecified atom stereocenters. The maximum Gasteiger partial charge on any atom is 0.00684 e. The van der Waals surface area contributed by atoms with Crippen molar-refractivity contribution in [2.75, 3.05) is 5.33 Å². The zero-order chi connectivity index (χ0) is 11.6. The van der Waals surface area contributed by atoms with Gasteiger partial charge in [0.15, 0.2) is 0 Å². The largest absolute Gasteiger partial charge is 0.0925 e. The molecule has 86 valence electrons. The van der Waals surface area contributed by atoms with Gasteiger partial charge in [-0.3, -0.25) is 0 Å². The third-order valence-corrected chi connectivity index (χ3v) is 2.82. The van der Waals surface area contributed by atoms with Crippen LogP contribution in [-0.4, -0.2) is 5.33 Å². The lowest BCUT2D eigenvalue weighted by Crippen LogP contribution is -1.78. The van der Waals surface area contributed by atoms with E-state index in [2.05, 4.69) is 65.3 Å². The number of alkyl halides is 1. The second kappa shape index (κ2) is 8.35. The zero-order valence-electron chi connectivity index (χ0n) is 9.83. The van der Waals surface area contributed by atoms with E-state index >= 15 is 0 Å². The van der Waals surface area contributed by atoms with Gasteiger partial charge in [0.2, 0.25) is 0 Å². The SMILES string of the molecule is CC(=CCCC=Cc1ccccc1)CCBr. The highest BCUT2D eigenvalue weighted by Gasteiger charge is 1.87. The highest BCUT2D eigenvalue weighted by Crippen LogP contribution is 2.07. The molecule has 1 aromatic carbocycles. The van der Waals surface area contributed by atoms with Crippen molar-refractivity contribution < 1.29 is 0 Å². The van der Waals surface area contributed by atoms with Crippen molar-refractivity contribution in [1.82, 2.24) is 0 Å². The molecule has 0 N–H and O–H groups in total. The van der Waals surface area contributed by atoms with Gasteiger partial charge in [0.1, 0.15) is 0 Å². The predicted molar refractivity (Wildman–Crippen MR) is 76.9 cm³/mol. The summed E-state index contributed by atoms with van der Waals surface area (Å²) < 4.78 is 0. The molecule has 0 aliphatic rings. The average molecular weight is 279 g/mol. The average Bonchev–Trinajstić information content (AvgIpc) is 2.30. The molecular weight excluding hydrogens is 260 g/mol. The summed E-state index contributed by atoms with van der Waals surface area (Å²) in [5, 5.41) is 1.06. The van der Waals surface area contributed by atoms with Gasteiger partial charge in [-0.25, -0.2) is 0 Å². The molecule has 0 aliphatic carbocycles. The summed E-state index contributed by atoms with van der Waals surface area (Å²) in [6.45, 7) is 2.20. The first-order chi connectivity index (χ1) is 7.83. The molecule has 0 radical (unpaired) electrons. The van der Waals surface area contributed by atoms with Crippen LogP contribution in [0.15, 0.2) is 48.1 Å². The molecule has 0 spiro atoms. The molecule has 0 saturated heterocycles. The summed E-state index contributed by atoms with van der Waals surface area (Å²) in [7, 11) is 0. The first kappa shape index (κ1) is 13.2. The summed E-state index contributed by atoms with van der Waals surface area (Å²) in [4.78, 5) is 0. The van der Waals surface area contributed by atoms with Crippen molar-refractivity contribution in [3.05, 3.63) is 53.6 Å². The monoisotopic (exact) mass is 278 g/mol. The molecule has 1 heteroatoms. The summed E-state index contributed by atoms with van der Waals surface area (Å²) in [6.07, 6.45) is 10.2. The minimum Gasteiger partial charge on any atom is -0.0925 e. The lowest BCUT2D eigenvalue weighted by Gasteiger charge is -1.96. The van der Waals surface area contributed by atoms with Crippen molar-refractivity contribution >= 4 is 22.0 Å². The van der Waals surface area contributed by atoms with Gasteiger partial charge < -0.3 is 0 Å². The molecule has 1 aromatic rings. The van der Waals surface area contributed by atoms with Crippen LogP contribution in [0.4, 0.5) is 0 Å². The Kier molecular flexibility index (Phi) is 6.91. The topological polar surface area (TPSA) is 0 Å². The molecule has 0 fully saturated rings. The Bertz CT molecular complexity index is 336. The third kappa shape index (κ3) is 5.92. The first-order valence-electron chi connectivity index (χ1n) is 5.76. The van der Waals surface area contributed by atoms with Gasteiger partial charge in [-0.05, 0) is 31.7 Å². The smallest absolute Gasteiger partial charge is 0.00684 e. The van der Waals surface area contributed by atoms with E-state index < -0.39 is 0 Å². The van der Waals surface area contributed by atoms with Crippen LogP contribution in [0.5, 0.6) is 0 Å². The lowest BCUT2D eigenvalue weighted by atomic mass is 10.1. The number of halogens is 1. The van der Waals surface area contributed by atoms with Gasteiger partial charge in [-0.15, -0.1) is 0 Å². The Labute approximate surface area is 107 Å². The Morgan fingerprint density at radius 3 is 2.62 bits per heavy atom. The summed E-state index contributed by atoms with van der Waals surface area (Å²) in [5.41, 5.74) is 2.76. The Morgan fingerprint density at radius 1 is 1.19 bits per heavy atom. The van der Waals surface area contributed by atoms with Gasteiger partial charge >= 0.3 is 0 Å². The zero-order valence-corrected chi connectivity index (χ0v) is 11.4. The van der Waals surface area contributed by atoms with Crippen LogP contribution in [0.2, 0.25) is 0 Å². The van der Waals surface area contributed by atoms with Crippen molar-refractivity contribution in [2.45, 2.75) is 26.2 Å². The van der Waals surface area contributed by atoms with E-state index in [4.69, 9.17) is 0 Å². The van der Waals surface area contributed by atoms with E-state index in [9.17, 15) is 0 Å². The van der Waals surface area contributed by atoms with Crippen LogP contribution in [-0.2, 0) is 0 Å². The molecule has 0 bridgehead atoms. The Balaban J connectivity index is 2.26. The van der Waals surface area contributed by atoms with Gasteiger partial charge in [0.05, 0.1) is 0 Å². The van der Waals surface area contributed by atoms with Crippen molar-refractivity contribution in [3.8, 4) is 0 Å². The predicted octanol–water partition coefficient (Wildman–Crippen LogP) is 5.21. The standard InChI is InChI=1S/C15H19Br/c1-14(12-13-16)8-4-2-5-9-15-10-6-3-7-11-15/h3,5-11H,2,4,12-13H2,1H3. The first-order valence-corrected chi connectivity index (χ1v) is 6.88. The van der Waals surface area contributed by atoms with Crippen molar-refractivity contribution in [3.63, 3.8) is 0 Å². The van der Waals surface area contributed by atoms with E-state index in [-0.39, 0.29) is 0 Å². The number of hydrogen-bond acceptors (Lipinski definition) is 0. The second-order valence-electron chi connectivity index (χ2n) is 3.88. The van der Waals surface area contributed by atoms with Crippen LogP contribution >= 0.6 is 15.9 Å². The Hall–Kier alpha value is -0.820. The second-order valence-corrected chi connectivity index (χ2v) is 4.67. The minimum absolute atomic E-state index is 1.06. The molecule has 0 heterocycles. The molecule has 16 heavy (non-hydrogen) atoms. The van der Waals surface area contributed by atoms with Crippen LogP contribution in [0, 0.1) is 0 Å². The number of benzene rings is 1. The van der Waals surface area contributed by atoms with Gasteiger partial charge in [-0.1, -0.05) is 70.1 Å². The van der Waals surface area contributed by atoms with Gasteiger partial charge in [-0.2, -0.15) is 0 Å². The van der Waals surface area contributed by atoms with E-state index in [1.165, 1.54) is 11.1 Å². The molecule has 0 saturated carbocycles. The van der Waals surface area contributed by atoms with Crippen LogP contribution in [0.3, 0.4) is 0 Å². The normalized spacial score (nSPS) is 12.2. The van der Waals surface area contributed by atoms with Gasteiger partial charge in [0.25, 0.3) is 0 Å². The number of hydrogen-bond donors (Lipinski definition) is 0. The van der Waals surface area contributed by atoms with Crippen LogP contribution in [0.25, 0.3) is 6.08 Å². The maximum absolute atomic E-state index is 3.45. The molecule has 1 rings (SSSR count). The number of allylic oxidation sites excluding steroid dienone is 3. The quantitative estimate of drug-likeness (QED) is 0.381. The van der Waals surface area contributed by atoms with E-state index in [1.807, 2.05) is 6.07 Å². The fourth-order valence-electron chi connectivity index (χ4n) is 1.46. The summed E-state index contributed by atoms with van der Waals surface area (Å²) >= 11 is 3.45. The highest BCUT2D eigenvalue weighted by molar-refractivity contribution is 9.09. The van der Waals surface area contributed by atoms with Gasteiger partial charge in [0, 0.05) is 5.33 Å². The third-order valence-electron chi connectivity index (χ3n) is 2.42. The number of rotatable bonds is 6. The summed E-state index contributed by atoms with van der Waals surface area (Å²) in [5.74, 6) is 0. The maximum atomic E-state index is 3.45. The molecule has 0 atom stereocenters. The van der Waals surface area contributed by atoms with E-state index in [1.54, 1.807) is 0 Å². The van der Waals surface area contributed by atoms with E-state index in [0.717, 1.165) is 24.6 Å². The molecular formula is C15H19Br. The fourth-order valence-corrected chi connectivity index (χ4v) is 2.09. The van der Waals surface area contributed by atoms with Crippen LogP contribution in [0.1, 0.15) is 31.7 Å². The van der Waals surface area contributed by atoms with E-state index in [0.29, 0.717) is 0 Å².